The van der Waals surface area contributed by atoms with Crippen LogP contribution in [0, 0.1) is 17.0 Å². The van der Waals surface area contributed by atoms with Crippen molar-refractivity contribution in [2.75, 3.05) is 39.0 Å². The van der Waals surface area contributed by atoms with Crippen LogP contribution in [0.3, 0.4) is 0 Å². The van der Waals surface area contributed by atoms with Crippen LogP contribution in [0.2, 0.25) is 0 Å². The molecular weight excluding hydrogens is 376 g/mol. The molecule has 3 atom stereocenters. The van der Waals surface area contributed by atoms with Gasteiger partial charge in [0.05, 0.1) is 12.9 Å². The molecule has 0 saturated carbocycles. The van der Waals surface area contributed by atoms with Crippen LogP contribution in [0.4, 0.5) is 8.78 Å². The molecule has 1 aromatic carbocycles. The Hall–Kier alpha value is -1.13. The first-order valence-electron chi connectivity index (χ1n) is 9.18. The lowest BCUT2D eigenvalue weighted by Crippen LogP contribution is -2.63. The highest BCUT2D eigenvalue weighted by Crippen LogP contribution is 2.43. The van der Waals surface area contributed by atoms with Gasteiger partial charge in [0.2, 0.25) is 10.0 Å². The van der Waals surface area contributed by atoms with Gasteiger partial charge in [0.15, 0.2) is 0 Å². The molecule has 3 fully saturated rings. The summed E-state index contributed by atoms with van der Waals surface area (Å²) in [6.07, 6.45) is 2.10. The third-order valence-corrected chi connectivity index (χ3v) is 7.38. The highest BCUT2D eigenvalue weighted by atomic mass is 32.2. The molecule has 0 amide bonds. The van der Waals surface area contributed by atoms with Crippen molar-refractivity contribution < 1.29 is 21.9 Å². The van der Waals surface area contributed by atoms with Gasteiger partial charge in [0.1, 0.15) is 17.7 Å². The van der Waals surface area contributed by atoms with Gasteiger partial charge < -0.3 is 10.5 Å². The third kappa shape index (κ3) is 3.63. The van der Waals surface area contributed by atoms with Gasteiger partial charge in [0.25, 0.3) is 0 Å². The SMILES string of the molecule is CS(=O)(=O)N1CCC2(CN([C@H]3CO[C@H](c4cc(F)ccc4F)[C@@H](N)C3)C2)C1. The van der Waals surface area contributed by atoms with E-state index in [4.69, 9.17) is 10.5 Å². The number of likely N-dealkylation sites (tertiary alicyclic amines) is 1. The molecule has 3 saturated heterocycles. The van der Waals surface area contributed by atoms with Crippen molar-refractivity contribution in [2.45, 2.75) is 31.0 Å². The number of sulfonamides is 1. The molecule has 0 aromatic heterocycles. The predicted molar refractivity (Wildman–Crippen MR) is 96.5 cm³/mol. The first-order chi connectivity index (χ1) is 12.7. The molecule has 3 aliphatic heterocycles. The van der Waals surface area contributed by atoms with Crippen LogP contribution in [-0.2, 0) is 14.8 Å². The Balaban J connectivity index is 1.36. The van der Waals surface area contributed by atoms with Crippen LogP contribution >= 0.6 is 0 Å². The molecule has 3 aliphatic rings. The highest BCUT2D eigenvalue weighted by Gasteiger charge is 2.51. The summed E-state index contributed by atoms with van der Waals surface area (Å²) in [6, 6.07) is 3.02. The van der Waals surface area contributed by atoms with Crippen molar-refractivity contribution >= 4 is 10.0 Å². The van der Waals surface area contributed by atoms with Crippen LogP contribution in [0.1, 0.15) is 24.5 Å². The summed E-state index contributed by atoms with van der Waals surface area (Å²) in [5.74, 6) is -1.02. The van der Waals surface area contributed by atoms with Gasteiger partial charge in [-0.1, -0.05) is 0 Å². The molecular formula is C18H25F2N3O3S. The van der Waals surface area contributed by atoms with Gasteiger partial charge in [0, 0.05) is 49.2 Å². The van der Waals surface area contributed by atoms with Crippen LogP contribution in [0.25, 0.3) is 0 Å². The molecule has 0 aliphatic carbocycles. The summed E-state index contributed by atoms with van der Waals surface area (Å²) in [5.41, 5.74) is 6.43. The van der Waals surface area contributed by atoms with E-state index in [-0.39, 0.29) is 17.0 Å². The lowest BCUT2D eigenvalue weighted by atomic mass is 9.77. The number of ether oxygens (including phenoxy) is 1. The van der Waals surface area contributed by atoms with Gasteiger partial charge in [-0.15, -0.1) is 0 Å². The molecule has 1 spiro atoms. The van der Waals surface area contributed by atoms with Gasteiger partial charge in [-0.05, 0) is 31.0 Å². The highest BCUT2D eigenvalue weighted by molar-refractivity contribution is 7.88. The van der Waals surface area contributed by atoms with Gasteiger partial charge in [-0.25, -0.2) is 21.5 Å². The van der Waals surface area contributed by atoms with Crippen LogP contribution in [0.15, 0.2) is 18.2 Å². The smallest absolute Gasteiger partial charge is 0.211 e. The van der Waals surface area contributed by atoms with E-state index in [0.717, 1.165) is 37.7 Å². The molecule has 2 N–H and O–H groups in total. The zero-order valence-electron chi connectivity index (χ0n) is 15.3. The molecule has 0 radical (unpaired) electrons. The van der Waals surface area contributed by atoms with Crippen molar-refractivity contribution in [1.29, 1.82) is 0 Å². The van der Waals surface area contributed by atoms with E-state index in [2.05, 4.69) is 4.90 Å². The van der Waals surface area contributed by atoms with Crippen LogP contribution in [-0.4, -0.2) is 68.7 Å². The second-order valence-electron chi connectivity index (χ2n) is 8.22. The summed E-state index contributed by atoms with van der Waals surface area (Å²) >= 11 is 0. The fourth-order valence-electron chi connectivity index (χ4n) is 4.66. The number of nitrogens with zero attached hydrogens (tertiary/aromatic N) is 2. The number of halogens is 2. The Bertz CT molecular complexity index is 829. The van der Waals surface area contributed by atoms with Crippen LogP contribution < -0.4 is 5.73 Å². The molecule has 0 bridgehead atoms. The number of hydrogen-bond acceptors (Lipinski definition) is 5. The van der Waals surface area contributed by atoms with Crippen molar-refractivity contribution in [3.63, 3.8) is 0 Å². The number of nitrogens with two attached hydrogens (primary N) is 1. The van der Waals surface area contributed by atoms with E-state index in [1.807, 2.05) is 0 Å². The summed E-state index contributed by atoms with van der Waals surface area (Å²) in [4.78, 5) is 2.27. The van der Waals surface area contributed by atoms with Crippen molar-refractivity contribution in [2.24, 2.45) is 11.1 Å². The van der Waals surface area contributed by atoms with Gasteiger partial charge in [-0.3, -0.25) is 4.90 Å². The second-order valence-corrected chi connectivity index (χ2v) is 10.2. The first kappa shape index (κ1) is 19.2. The quantitative estimate of drug-likeness (QED) is 0.821. The van der Waals surface area contributed by atoms with Crippen molar-refractivity contribution in [1.82, 2.24) is 9.21 Å². The monoisotopic (exact) mass is 401 g/mol. The summed E-state index contributed by atoms with van der Waals surface area (Å²) in [5, 5.41) is 0. The van der Waals surface area contributed by atoms with E-state index < -0.39 is 33.8 Å². The first-order valence-corrected chi connectivity index (χ1v) is 11.0. The number of rotatable bonds is 3. The fraction of sp³-hybridized carbons (Fsp3) is 0.667. The minimum absolute atomic E-state index is 0.0265. The van der Waals surface area contributed by atoms with Gasteiger partial charge in [-0.2, -0.15) is 0 Å². The Kier molecular flexibility index (Phi) is 4.79. The molecule has 150 valence electrons. The lowest BCUT2D eigenvalue weighted by Gasteiger charge is -2.53. The summed E-state index contributed by atoms with van der Waals surface area (Å²) in [6.45, 7) is 3.19. The molecule has 9 heteroatoms. The minimum Gasteiger partial charge on any atom is -0.370 e. The van der Waals surface area contributed by atoms with Crippen molar-refractivity contribution in [3.8, 4) is 0 Å². The zero-order chi connectivity index (χ0) is 19.4. The molecule has 4 rings (SSSR count). The van der Waals surface area contributed by atoms with E-state index >= 15 is 0 Å². The number of hydrogen-bond donors (Lipinski definition) is 1. The standard InChI is InChI=1S/C18H25F2N3O3S/c1-27(24,25)23-5-4-18(11-23)9-22(10-18)13-7-16(21)17(26-8-13)14-6-12(19)2-3-15(14)20/h2-3,6,13,16-17H,4-5,7-11,21H2,1H3/t13-,16+,17-/m1/s1. The van der Waals surface area contributed by atoms with Crippen LogP contribution in [0.5, 0.6) is 0 Å². The Labute approximate surface area is 158 Å². The van der Waals surface area contributed by atoms with E-state index in [9.17, 15) is 17.2 Å². The molecule has 6 nitrogen and oxygen atoms in total. The Morgan fingerprint density at radius 3 is 2.63 bits per heavy atom. The average Bonchev–Trinajstić information content (AvgIpc) is 3.02. The van der Waals surface area contributed by atoms with E-state index in [1.165, 1.54) is 6.26 Å². The average molecular weight is 401 g/mol. The van der Waals surface area contributed by atoms with E-state index in [0.29, 0.717) is 26.1 Å². The van der Waals surface area contributed by atoms with E-state index in [1.54, 1.807) is 4.31 Å². The normalized spacial score (nSPS) is 31.9. The molecule has 27 heavy (non-hydrogen) atoms. The zero-order valence-corrected chi connectivity index (χ0v) is 16.1. The second kappa shape index (κ2) is 6.73. The maximum absolute atomic E-state index is 14.0. The molecule has 1 aromatic rings. The maximum Gasteiger partial charge on any atom is 0.211 e. The largest absolute Gasteiger partial charge is 0.370 e. The Morgan fingerprint density at radius 1 is 1.26 bits per heavy atom. The fourth-order valence-corrected chi connectivity index (χ4v) is 5.59. The summed E-state index contributed by atoms with van der Waals surface area (Å²) in [7, 11) is -3.14. The minimum atomic E-state index is -3.14. The maximum atomic E-state index is 14.0. The molecule has 0 unspecified atom stereocenters. The van der Waals surface area contributed by atoms with Gasteiger partial charge >= 0.3 is 0 Å². The summed E-state index contributed by atoms with van der Waals surface area (Å²) < 4.78 is 58.3. The molecule has 3 heterocycles. The topological polar surface area (TPSA) is 75.9 Å². The number of benzene rings is 1. The third-order valence-electron chi connectivity index (χ3n) is 6.13. The lowest BCUT2D eigenvalue weighted by molar-refractivity contribution is -0.101. The predicted octanol–water partition coefficient (Wildman–Crippen LogP) is 1.09. The van der Waals surface area contributed by atoms with Crippen molar-refractivity contribution in [3.05, 3.63) is 35.4 Å². The Morgan fingerprint density at radius 2 is 2.00 bits per heavy atom.